The van der Waals surface area contributed by atoms with Gasteiger partial charge in [0, 0.05) is 18.2 Å². The van der Waals surface area contributed by atoms with Crippen LogP contribution in [-0.4, -0.2) is 69.9 Å². The molecule has 1 aliphatic heterocycles. The molecule has 3 aromatic rings. The van der Waals surface area contributed by atoms with Gasteiger partial charge in [-0.25, -0.2) is 9.48 Å². The number of carboxylic acids is 1. The highest BCUT2D eigenvalue weighted by Crippen LogP contribution is 2.16. The number of nitrogens with zero attached hydrogens (tertiary/aromatic N) is 3. The van der Waals surface area contributed by atoms with E-state index >= 15 is 0 Å². The van der Waals surface area contributed by atoms with Gasteiger partial charge in [0.1, 0.15) is 0 Å². The van der Waals surface area contributed by atoms with Crippen LogP contribution in [0.25, 0.3) is 5.69 Å². The molecule has 1 saturated heterocycles. The molecular formula is C26H28F3N5O4. The van der Waals surface area contributed by atoms with Crippen molar-refractivity contribution in [3.05, 3.63) is 78.1 Å². The van der Waals surface area contributed by atoms with Crippen molar-refractivity contribution >= 4 is 23.5 Å². The summed E-state index contributed by atoms with van der Waals surface area (Å²) in [5.41, 5.74) is 2.92. The van der Waals surface area contributed by atoms with Crippen LogP contribution in [0.3, 0.4) is 0 Å². The molecule has 1 fully saturated rings. The maximum atomic E-state index is 12.7. The summed E-state index contributed by atoms with van der Waals surface area (Å²) in [6, 6.07) is 17.1. The Bertz CT molecular complexity index is 1250. The number of carboxylic acid groups (broad SMARTS) is 1. The normalized spacial score (nSPS) is 15.6. The minimum absolute atomic E-state index is 0.0781. The lowest BCUT2D eigenvalue weighted by Gasteiger charge is -2.30. The van der Waals surface area contributed by atoms with E-state index in [0.29, 0.717) is 17.7 Å². The monoisotopic (exact) mass is 531 g/mol. The predicted octanol–water partition coefficient (Wildman–Crippen LogP) is 3.51. The summed E-state index contributed by atoms with van der Waals surface area (Å²) in [5, 5.41) is 17.5. The van der Waals surface area contributed by atoms with Crippen LogP contribution in [0.4, 0.5) is 18.9 Å². The zero-order valence-electron chi connectivity index (χ0n) is 20.6. The molecule has 0 aliphatic carbocycles. The second kappa shape index (κ2) is 12.9. The Hall–Kier alpha value is -4.19. The molecule has 0 bridgehead atoms. The molecule has 1 atom stereocenters. The molecule has 2 aromatic carbocycles. The highest BCUT2D eigenvalue weighted by Gasteiger charge is 2.38. The number of alkyl halides is 3. The van der Waals surface area contributed by atoms with Gasteiger partial charge in [0.15, 0.2) is 0 Å². The van der Waals surface area contributed by atoms with Crippen molar-refractivity contribution < 1.29 is 32.7 Å². The first-order valence-electron chi connectivity index (χ1n) is 11.8. The topological polar surface area (TPSA) is 117 Å². The highest BCUT2D eigenvalue weighted by atomic mass is 19.4. The number of likely N-dealkylation sites (N-methyl/N-ethyl adjacent to an activating group) is 1. The summed E-state index contributed by atoms with van der Waals surface area (Å²) in [7, 11) is 2.08. The van der Waals surface area contributed by atoms with Gasteiger partial charge in [-0.1, -0.05) is 36.4 Å². The van der Waals surface area contributed by atoms with Crippen LogP contribution in [0, 0.1) is 0 Å². The number of hydrogen-bond acceptors (Lipinski definition) is 5. The van der Waals surface area contributed by atoms with Gasteiger partial charge in [0.05, 0.1) is 30.2 Å². The lowest BCUT2D eigenvalue weighted by atomic mass is 10.1. The molecule has 1 unspecified atom stereocenters. The minimum atomic E-state index is -5.08. The van der Waals surface area contributed by atoms with E-state index in [1.54, 1.807) is 23.1 Å². The first-order chi connectivity index (χ1) is 18.0. The second-order valence-electron chi connectivity index (χ2n) is 8.81. The zero-order chi connectivity index (χ0) is 27.7. The quantitative estimate of drug-likeness (QED) is 0.448. The number of rotatable bonds is 6. The SMILES string of the molecule is CN1CCCC(NC(=O)c2cccc(-n3cc(NC(=O)Cc4ccccc4)cn3)c2)C1.O=C(O)C(F)(F)F. The van der Waals surface area contributed by atoms with Gasteiger partial charge in [0.25, 0.3) is 5.91 Å². The van der Waals surface area contributed by atoms with Crippen molar-refractivity contribution in [2.75, 3.05) is 25.5 Å². The zero-order valence-corrected chi connectivity index (χ0v) is 20.6. The van der Waals surface area contributed by atoms with E-state index in [2.05, 4.69) is 27.7 Å². The van der Waals surface area contributed by atoms with Gasteiger partial charge in [-0.3, -0.25) is 9.59 Å². The number of halogens is 3. The molecule has 2 heterocycles. The fraction of sp³-hybridized carbons (Fsp3) is 0.308. The van der Waals surface area contributed by atoms with Crippen LogP contribution >= 0.6 is 0 Å². The first-order valence-corrected chi connectivity index (χ1v) is 11.8. The van der Waals surface area contributed by atoms with E-state index < -0.39 is 12.1 Å². The Balaban J connectivity index is 0.000000505. The lowest BCUT2D eigenvalue weighted by molar-refractivity contribution is -0.192. The second-order valence-corrected chi connectivity index (χ2v) is 8.81. The molecule has 1 aliphatic rings. The minimum Gasteiger partial charge on any atom is -0.475 e. The summed E-state index contributed by atoms with van der Waals surface area (Å²) in [6.45, 7) is 1.95. The summed E-state index contributed by atoms with van der Waals surface area (Å²) in [6.07, 6.45) is 0.663. The Kier molecular flexibility index (Phi) is 9.61. The molecule has 12 heteroatoms. The van der Waals surface area contributed by atoms with Crippen LogP contribution in [0.5, 0.6) is 0 Å². The molecular weight excluding hydrogens is 503 g/mol. The third-order valence-corrected chi connectivity index (χ3v) is 5.65. The van der Waals surface area contributed by atoms with Gasteiger partial charge < -0.3 is 20.6 Å². The predicted molar refractivity (Wildman–Crippen MR) is 134 cm³/mol. The Morgan fingerprint density at radius 2 is 1.82 bits per heavy atom. The average Bonchev–Trinajstić information content (AvgIpc) is 3.33. The molecule has 0 radical (unpaired) electrons. The molecule has 1 aromatic heterocycles. The van der Waals surface area contributed by atoms with Crippen molar-refractivity contribution in [2.24, 2.45) is 0 Å². The van der Waals surface area contributed by atoms with Crippen molar-refractivity contribution in [3.63, 3.8) is 0 Å². The summed E-state index contributed by atoms with van der Waals surface area (Å²) in [4.78, 5) is 36.1. The lowest BCUT2D eigenvalue weighted by Crippen LogP contribution is -2.46. The van der Waals surface area contributed by atoms with Gasteiger partial charge in [0.2, 0.25) is 5.91 Å². The van der Waals surface area contributed by atoms with Crippen LogP contribution in [0.1, 0.15) is 28.8 Å². The van der Waals surface area contributed by atoms with Gasteiger partial charge >= 0.3 is 12.1 Å². The number of nitrogens with one attached hydrogen (secondary N) is 2. The molecule has 3 N–H and O–H groups in total. The molecule has 202 valence electrons. The molecule has 4 rings (SSSR count). The number of aromatic nitrogens is 2. The van der Waals surface area contributed by atoms with Crippen LogP contribution < -0.4 is 10.6 Å². The number of aliphatic carboxylic acids is 1. The molecule has 38 heavy (non-hydrogen) atoms. The Morgan fingerprint density at radius 3 is 2.47 bits per heavy atom. The summed E-state index contributed by atoms with van der Waals surface area (Å²) in [5.74, 6) is -2.94. The molecule has 0 saturated carbocycles. The van der Waals surface area contributed by atoms with Crippen molar-refractivity contribution in [1.29, 1.82) is 0 Å². The van der Waals surface area contributed by atoms with Crippen LogP contribution in [-0.2, 0) is 16.0 Å². The van der Waals surface area contributed by atoms with E-state index in [0.717, 1.165) is 37.2 Å². The molecule has 9 nitrogen and oxygen atoms in total. The van der Waals surface area contributed by atoms with Gasteiger partial charge in [-0.05, 0) is 50.2 Å². The fourth-order valence-corrected chi connectivity index (χ4v) is 3.86. The number of likely N-dealkylation sites (tertiary alicyclic amines) is 1. The summed E-state index contributed by atoms with van der Waals surface area (Å²) >= 11 is 0. The number of amides is 2. The fourth-order valence-electron chi connectivity index (χ4n) is 3.86. The maximum absolute atomic E-state index is 12.7. The van der Waals surface area contributed by atoms with Gasteiger partial charge in [-0.2, -0.15) is 18.3 Å². The average molecular weight is 532 g/mol. The van der Waals surface area contributed by atoms with Crippen LogP contribution in [0.2, 0.25) is 0 Å². The molecule has 0 spiro atoms. The number of carbonyl (C=O) groups excluding carboxylic acids is 2. The van der Waals surface area contributed by atoms with E-state index in [1.165, 1.54) is 0 Å². The molecule has 2 amide bonds. The van der Waals surface area contributed by atoms with Crippen LogP contribution in [0.15, 0.2) is 67.0 Å². The van der Waals surface area contributed by atoms with E-state index in [4.69, 9.17) is 9.90 Å². The Morgan fingerprint density at radius 1 is 1.11 bits per heavy atom. The third-order valence-electron chi connectivity index (χ3n) is 5.65. The number of anilines is 1. The van der Waals surface area contributed by atoms with E-state index in [1.807, 2.05) is 48.5 Å². The smallest absolute Gasteiger partial charge is 0.475 e. The van der Waals surface area contributed by atoms with Gasteiger partial charge in [-0.15, -0.1) is 0 Å². The number of benzene rings is 2. The van der Waals surface area contributed by atoms with Crippen molar-refractivity contribution in [2.45, 2.75) is 31.5 Å². The van der Waals surface area contributed by atoms with E-state index in [9.17, 15) is 22.8 Å². The summed E-state index contributed by atoms with van der Waals surface area (Å²) < 4.78 is 33.4. The highest BCUT2D eigenvalue weighted by molar-refractivity contribution is 5.95. The van der Waals surface area contributed by atoms with Crippen molar-refractivity contribution in [1.82, 2.24) is 20.0 Å². The number of carbonyl (C=O) groups is 3. The largest absolute Gasteiger partial charge is 0.490 e. The van der Waals surface area contributed by atoms with E-state index in [-0.39, 0.29) is 17.9 Å². The number of hydrogen-bond donors (Lipinski definition) is 3. The Labute approximate surface area is 217 Å². The maximum Gasteiger partial charge on any atom is 0.490 e. The van der Waals surface area contributed by atoms with Crippen molar-refractivity contribution in [3.8, 4) is 5.69 Å². The first kappa shape index (κ1) is 28.4. The standard InChI is InChI=1S/C24H27N5O2.C2HF3O2/c1-28-12-6-10-20(16-28)27-24(31)19-9-5-11-22(14-19)29-17-21(15-25-29)26-23(30)13-18-7-3-2-4-8-18;3-2(4,5)1(6)7/h2-5,7-9,11,14-15,17,20H,6,10,12-13,16H2,1H3,(H,26,30)(H,27,31);(H,6,7). The number of piperidine rings is 1. The third kappa shape index (κ3) is 8.73.